The molecule has 1 aromatic rings. The van der Waals surface area contributed by atoms with Crippen molar-refractivity contribution < 1.29 is 28.4 Å². The summed E-state index contributed by atoms with van der Waals surface area (Å²) in [7, 11) is 0. The molecule has 140 valence electrons. The van der Waals surface area contributed by atoms with Gasteiger partial charge in [-0.25, -0.2) is 0 Å². The van der Waals surface area contributed by atoms with Gasteiger partial charge < -0.3 is 20.4 Å². The molecule has 2 heterocycles. The highest BCUT2D eigenvalue weighted by molar-refractivity contribution is 6.39. The lowest BCUT2D eigenvalue weighted by Gasteiger charge is -2.26. The highest BCUT2D eigenvalue weighted by Gasteiger charge is 2.34. The molecular formula is C17H21N3O6. The quantitative estimate of drug-likeness (QED) is 0.538. The van der Waals surface area contributed by atoms with Gasteiger partial charge in [-0.1, -0.05) is 13.8 Å². The van der Waals surface area contributed by atoms with Crippen LogP contribution in [0.5, 0.6) is 0 Å². The summed E-state index contributed by atoms with van der Waals surface area (Å²) in [6, 6.07) is 1.22. The highest BCUT2D eigenvalue weighted by Crippen LogP contribution is 2.07. The summed E-state index contributed by atoms with van der Waals surface area (Å²) in [5, 5.41) is 7.26. The van der Waals surface area contributed by atoms with Gasteiger partial charge in [-0.2, -0.15) is 0 Å². The number of amides is 3. The van der Waals surface area contributed by atoms with E-state index in [0.717, 1.165) is 0 Å². The average molecular weight is 363 g/mol. The first-order valence-corrected chi connectivity index (χ1v) is 8.28. The Bertz CT molecular complexity index is 710. The van der Waals surface area contributed by atoms with Gasteiger partial charge >= 0.3 is 0 Å². The smallest absolute Gasteiger partial charge is 0.289 e. The van der Waals surface area contributed by atoms with Crippen LogP contribution in [-0.2, 0) is 30.4 Å². The van der Waals surface area contributed by atoms with Crippen molar-refractivity contribution in [3.63, 3.8) is 0 Å². The third-order valence-corrected chi connectivity index (χ3v) is 3.98. The lowest BCUT2D eigenvalue weighted by molar-refractivity contribution is -0.142. The number of Topliss-reactive ketones (excluding diaryl/α,β-unsaturated/α-hetero) is 2. The third-order valence-electron chi connectivity index (χ3n) is 3.98. The van der Waals surface area contributed by atoms with Crippen LogP contribution in [0, 0.1) is 5.92 Å². The minimum atomic E-state index is -1.01. The Labute approximate surface area is 149 Å². The average Bonchev–Trinajstić information content (AvgIpc) is 3.09. The Morgan fingerprint density at radius 3 is 2.65 bits per heavy atom. The molecule has 1 aliphatic rings. The van der Waals surface area contributed by atoms with Crippen molar-refractivity contribution in [1.29, 1.82) is 0 Å². The first-order chi connectivity index (χ1) is 12.3. The zero-order chi connectivity index (χ0) is 19.3. The second-order valence-electron chi connectivity index (χ2n) is 6.34. The van der Waals surface area contributed by atoms with Crippen molar-refractivity contribution in [2.24, 2.45) is 5.92 Å². The number of carbonyl (C=O) groups is 5. The molecule has 9 nitrogen and oxygen atoms in total. The fourth-order valence-electron chi connectivity index (χ4n) is 2.51. The predicted octanol–water partition coefficient (Wildman–Crippen LogP) is -0.894. The van der Waals surface area contributed by atoms with Crippen LogP contribution in [0.15, 0.2) is 22.8 Å². The fourth-order valence-corrected chi connectivity index (χ4v) is 2.51. The standard InChI is InChI=1S/C17H21N3O6/c1-9(2)13(16(24)19-11-5-6-18-17(25)14(11)22)20-15(23)12(21)8-10-4-3-7-26-10/h3-4,7,9,11,13H,5-6,8H2,1-2H3,(H,18,25)(H,19,24)(H,20,23). The van der Waals surface area contributed by atoms with E-state index in [-0.39, 0.29) is 25.3 Å². The number of furan rings is 1. The summed E-state index contributed by atoms with van der Waals surface area (Å²) >= 11 is 0. The van der Waals surface area contributed by atoms with Gasteiger partial charge in [0, 0.05) is 6.54 Å². The normalized spacial score (nSPS) is 18.2. The minimum Gasteiger partial charge on any atom is -0.469 e. The second kappa shape index (κ2) is 8.41. The number of nitrogens with one attached hydrogen (secondary N) is 3. The fraction of sp³-hybridized carbons (Fsp3) is 0.471. The van der Waals surface area contributed by atoms with E-state index in [4.69, 9.17) is 4.42 Å². The lowest BCUT2D eigenvalue weighted by atomic mass is 10.00. The summed E-state index contributed by atoms with van der Waals surface area (Å²) < 4.78 is 5.02. The second-order valence-corrected chi connectivity index (χ2v) is 6.34. The molecule has 9 heteroatoms. The van der Waals surface area contributed by atoms with E-state index in [0.29, 0.717) is 5.76 Å². The van der Waals surface area contributed by atoms with Gasteiger partial charge in [0.25, 0.3) is 11.8 Å². The van der Waals surface area contributed by atoms with E-state index in [1.54, 1.807) is 26.0 Å². The maximum atomic E-state index is 12.4. The van der Waals surface area contributed by atoms with Crippen LogP contribution >= 0.6 is 0 Å². The lowest BCUT2D eigenvalue weighted by Crippen LogP contribution is -2.58. The van der Waals surface area contributed by atoms with Gasteiger partial charge in [-0.3, -0.25) is 24.0 Å². The predicted molar refractivity (Wildman–Crippen MR) is 88.8 cm³/mol. The van der Waals surface area contributed by atoms with Crippen LogP contribution in [0.3, 0.4) is 0 Å². The molecule has 0 radical (unpaired) electrons. The van der Waals surface area contributed by atoms with Crippen LogP contribution in [0.1, 0.15) is 26.0 Å². The van der Waals surface area contributed by atoms with E-state index in [1.807, 2.05) is 0 Å². The molecule has 2 atom stereocenters. The largest absolute Gasteiger partial charge is 0.469 e. The number of ketones is 2. The van der Waals surface area contributed by atoms with Gasteiger partial charge in [0.05, 0.1) is 18.7 Å². The number of rotatable bonds is 7. The molecule has 1 fully saturated rings. The molecule has 0 aliphatic carbocycles. The molecule has 2 rings (SSSR count). The summed E-state index contributed by atoms with van der Waals surface area (Å²) in [5.74, 6) is -3.74. The van der Waals surface area contributed by atoms with Gasteiger partial charge in [-0.05, 0) is 24.5 Å². The number of hydrogen-bond donors (Lipinski definition) is 3. The highest BCUT2D eigenvalue weighted by atomic mass is 16.3. The zero-order valence-electron chi connectivity index (χ0n) is 14.5. The molecule has 3 N–H and O–H groups in total. The van der Waals surface area contributed by atoms with Crippen molar-refractivity contribution in [3.05, 3.63) is 24.2 Å². The summed E-state index contributed by atoms with van der Waals surface area (Å²) in [5.41, 5.74) is 0. The molecule has 0 saturated carbocycles. The summed E-state index contributed by atoms with van der Waals surface area (Å²) in [6.45, 7) is 3.66. The Morgan fingerprint density at radius 1 is 1.31 bits per heavy atom. The van der Waals surface area contributed by atoms with Crippen molar-refractivity contribution >= 4 is 29.3 Å². The Morgan fingerprint density at radius 2 is 2.04 bits per heavy atom. The number of hydrogen-bond acceptors (Lipinski definition) is 6. The van der Waals surface area contributed by atoms with E-state index in [2.05, 4.69) is 16.0 Å². The van der Waals surface area contributed by atoms with Gasteiger partial charge in [0.15, 0.2) is 0 Å². The SMILES string of the molecule is CC(C)C(NC(=O)C(=O)Cc1ccco1)C(=O)NC1CCNC(=O)C1=O. The molecule has 0 bridgehead atoms. The maximum absolute atomic E-state index is 12.4. The van der Waals surface area contributed by atoms with Crippen LogP contribution in [0.4, 0.5) is 0 Å². The number of carbonyl (C=O) groups excluding carboxylic acids is 5. The molecule has 1 aromatic heterocycles. The minimum absolute atomic E-state index is 0.216. The van der Waals surface area contributed by atoms with Crippen molar-refractivity contribution in [1.82, 2.24) is 16.0 Å². The Kier molecular flexibility index (Phi) is 6.26. The molecule has 2 unspecified atom stereocenters. The third kappa shape index (κ3) is 4.78. The molecule has 0 spiro atoms. The van der Waals surface area contributed by atoms with Gasteiger partial charge in [-0.15, -0.1) is 0 Å². The monoisotopic (exact) mass is 363 g/mol. The Balaban J connectivity index is 1.97. The number of piperidine rings is 1. The zero-order valence-corrected chi connectivity index (χ0v) is 14.5. The van der Waals surface area contributed by atoms with Crippen LogP contribution in [0.2, 0.25) is 0 Å². The molecular weight excluding hydrogens is 342 g/mol. The summed E-state index contributed by atoms with van der Waals surface area (Å²) in [6.07, 6.45) is 1.45. The molecule has 3 amide bonds. The van der Waals surface area contributed by atoms with Crippen molar-refractivity contribution in [2.45, 2.75) is 38.8 Å². The van der Waals surface area contributed by atoms with Gasteiger partial charge in [0.2, 0.25) is 17.5 Å². The first-order valence-electron chi connectivity index (χ1n) is 8.28. The Hall–Kier alpha value is -2.97. The molecule has 0 aromatic carbocycles. The molecule has 26 heavy (non-hydrogen) atoms. The van der Waals surface area contributed by atoms with E-state index >= 15 is 0 Å². The molecule has 1 aliphatic heterocycles. The first kappa shape index (κ1) is 19.4. The van der Waals surface area contributed by atoms with Gasteiger partial charge in [0.1, 0.15) is 11.8 Å². The topological polar surface area (TPSA) is 135 Å². The molecule has 1 saturated heterocycles. The van der Waals surface area contributed by atoms with Crippen LogP contribution in [0.25, 0.3) is 0 Å². The van der Waals surface area contributed by atoms with Crippen molar-refractivity contribution in [3.8, 4) is 0 Å². The van der Waals surface area contributed by atoms with Crippen LogP contribution < -0.4 is 16.0 Å². The summed E-state index contributed by atoms with van der Waals surface area (Å²) in [4.78, 5) is 59.6. The van der Waals surface area contributed by atoms with Crippen molar-refractivity contribution in [2.75, 3.05) is 6.54 Å². The van der Waals surface area contributed by atoms with Crippen LogP contribution in [-0.4, -0.2) is 47.9 Å². The van der Waals surface area contributed by atoms with E-state index < -0.39 is 41.4 Å². The van der Waals surface area contributed by atoms with E-state index in [9.17, 15) is 24.0 Å². The maximum Gasteiger partial charge on any atom is 0.289 e. The van der Waals surface area contributed by atoms with E-state index in [1.165, 1.54) is 6.26 Å².